The van der Waals surface area contributed by atoms with Gasteiger partial charge < -0.3 is 5.73 Å². The summed E-state index contributed by atoms with van der Waals surface area (Å²) < 4.78 is 2.05. The van der Waals surface area contributed by atoms with Crippen LogP contribution in [0.5, 0.6) is 0 Å². The fourth-order valence-corrected chi connectivity index (χ4v) is 5.86. The van der Waals surface area contributed by atoms with Gasteiger partial charge in [0.25, 0.3) is 0 Å². The standard InChI is InChI=1S/C17H28N4/c1-2-3-21-16(19-10-20-21)9-15(18)17-13-5-11-4-12(7-13)8-14(17)6-11/h10-15,17H,2-9,18H2,1H3. The molecule has 5 rings (SSSR count). The van der Waals surface area contributed by atoms with Gasteiger partial charge in [0.2, 0.25) is 0 Å². The van der Waals surface area contributed by atoms with E-state index >= 15 is 0 Å². The average molecular weight is 288 g/mol. The zero-order valence-corrected chi connectivity index (χ0v) is 13.1. The summed E-state index contributed by atoms with van der Waals surface area (Å²) in [5.41, 5.74) is 6.67. The highest BCUT2D eigenvalue weighted by Gasteiger charge is 2.49. The van der Waals surface area contributed by atoms with Gasteiger partial charge in [-0.3, -0.25) is 4.68 Å². The molecule has 0 aromatic carbocycles. The van der Waals surface area contributed by atoms with E-state index in [9.17, 15) is 0 Å². The van der Waals surface area contributed by atoms with Crippen LogP contribution in [0.1, 0.15) is 51.3 Å². The number of aromatic nitrogens is 3. The van der Waals surface area contributed by atoms with E-state index < -0.39 is 0 Å². The van der Waals surface area contributed by atoms with E-state index in [4.69, 9.17) is 5.73 Å². The average Bonchev–Trinajstić information content (AvgIpc) is 2.85. The Morgan fingerprint density at radius 1 is 1.19 bits per heavy atom. The van der Waals surface area contributed by atoms with Crippen molar-refractivity contribution in [2.24, 2.45) is 35.3 Å². The van der Waals surface area contributed by atoms with Gasteiger partial charge in [0.15, 0.2) is 0 Å². The molecule has 0 radical (unpaired) electrons. The summed E-state index contributed by atoms with van der Waals surface area (Å²) >= 11 is 0. The van der Waals surface area contributed by atoms with Crippen molar-refractivity contribution in [1.29, 1.82) is 0 Å². The second-order valence-electron chi connectivity index (χ2n) is 7.78. The van der Waals surface area contributed by atoms with Crippen LogP contribution < -0.4 is 5.73 Å². The lowest BCUT2D eigenvalue weighted by atomic mass is 9.50. The van der Waals surface area contributed by atoms with E-state index in [0.717, 1.165) is 54.8 Å². The first kappa shape index (κ1) is 13.7. The topological polar surface area (TPSA) is 56.7 Å². The van der Waals surface area contributed by atoms with Gasteiger partial charge in [-0.15, -0.1) is 0 Å². The van der Waals surface area contributed by atoms with E-state index in [1.807, 2.05) is 0 Å². The van der Waals surface area contributed by atoms with Crippen molar-refractivity contribution >= 4 is 0 Å². The lowest BCUT2D eigenvalue weighted by Gasteiger charge is -2.56. The first-order chi connectivity index (χ1) is 10.2. The van der Waals surface area contributed by atoms with Gasteiger partial charge in [0.05, 0.1) is 0 Å². The molecule has 0 spiro atoms. The lowest BCUT2D eigenvalue weighted by molar-refractivity contribution is -0.0467. The maximum atomic E-state index is 6.67. The lowest BCUT2D eigenvalue weighted by Crippen LogP contribution is -2.52. The maximum absolute atomic E-state index is 6.67. The number of hydrogen-bond acceptors (Lipinski definition) is 3. The molecule has 4 aliphatic rings. The summed E-state index contributed by atoms with van der Waals surface area (Å²) in [4.78, 5) is 4.46. The van der Waals surface area contributed by atoms with Crippen LogP contribution in [-0.4, -0.2) is 20.8 Å². The molecule has 1 unspecified atom stereocenters. The first-order valence-electron chi connectivity index (χ1n) is 8.86. The maximum Gasteiger partial charge on any atom is 0.138 e. The van der Waals surface area contributed by atoms with E-state index in [0.29, 0.717) is 0 Å². The SMILES string of the molecule is CCCn1ncnc1CC(N)C1C2CC3CC(C2)CC1C3. The summed E-state index contributed by atoms with van der Waals surface area (Å²) in [6, 6.07) is 0.278. The fourth-order valence-electron chi connectivity index (χ4n) is 5.86. The zero-order valence-electron chi connectivity index (χ0n) is 13.1. The molecule has 2 N–H and O–H groups in total. The van der Waals surface area contributed by atoms with Crippen molar-refractivity contribution < 1.29 is 0 Å². The quantitative estimate of drug-likeness (QED) is 0.906. The zero-order chi connectivity index (χ0) is 14.4. The van der Waals surface area contributed by atoms with Crippen LogP contribution in [0.25, 0.3) is 0 Å². The molecule has 21 heavy (non-hydrogen) atoms. The molecular weight excluding hydrogens is 260 g/mol. The molecule has 0 aliphatic heterocycles. The van der Waals surface area contributed by atoms with Crippen LogP contribution in [0, 0.1) is 29.6 Å². The molecule has 0 saturated heterocycles. The monoisotopic (exact) mass is 288 g/mol. The second-order valence-corrected chi connectivity index (χ2v) is 7.78. The molecule has 4 fully saturated rings. The van der Waals surface area contributed by atoms with Gasteiger partial charge in [-0.25, -0.2) is 4.98 Å². The molecule has 1 heterocycles. The minimum atomic E-state index is 0.278. The first-order valence-corrected chi connectivity index (χ1v) is 8.86. The highest BCUT2D eigenvalue weighted by atomic mass is 15.3. The molecule has 4 bridgehead atoms. The van der Waals surface area contributed by atoms with Crippen molar-refractivity contribution in [3.05, 3.63) is 12.2 Å². The molecular formula is C17H28N4. The number of aryl methyl sites for hydroxylation is 1. The molecule has 1 aromatic rings. The van der Waals surface area contributed by atoms with Crippen LogP contribution >= 0.6 is 0 Å². The minimum absolute atomic E-state index is 0.278. The Morgan fingerprint density at radius 3 is 2.48 bits per heavy atom. The number of hydrogen-bond donors (Lipinski definition) is 1. The molecule has 116 valence electrons. The van der Waals surface area contributed by atoms with Crippen LogP contribution in [0.4, 0.5) is 0 Å². The normalized spacial score (nSPS) is 38.9. The summed E-state index contributed by atoms with van der Waals surface area (Å²) in [6.45, 7) is 3.15. The van der Waals surface area contributed by atoms with Crippen LogP contribution in [0.2, 0.25) is 0 Å². The number of nitrogens with two attached hydrogens (primary N) is 1. The predicted molar refractivity (Wildman–Crippen MR) is 82.5 cm³/mol. The smallest absolute Gasteiger partial charge is 0.138 e. The van der Waals surface area contributed by atoms with E-state index in [-0.39, 0.29) is 6.04 Å². The summed E-state index contributed by atoms with van der Waals surface area (Å²) in [7, 11) is 0. The Kier molecular flexibility index (Phi) is 3.52. The Labute approximate surface area is 127 Å². The second kappa shape index (κ2) is 5.38. The summed E-state index contributed by atoms with van der Waals surface area (Å²) in [5.74, 6) is 5.69. The van der Waals surface area contributed by atoms with Crippen LogP contribution in [-0.2, 0) is 13.0 Å². The third kappa shape index (κ3) is 2.41. The molecule has 1 aromatic heterocycles. The Bertz CT molecular complexity index is 467. The van der Waals surface area contributed by atoms with Gasteiger partial charge in [-0.2, -0.15) is 5.10 Å². The fraction of sp³-hybridized carbons (Fsp3) is 0.882. The third-order valence-electron chi connectivity index (χ3n) is 6.34. The van der Waals surface area contributed by atoms with E-state index in [1.165, 1.54) is 32.1 Å². The molecule has 4 saturated carbocycles. The van der Waals surface area contributed by atoms with Crippen LogP contribution in [0.3, 0.4) is 0 Å². The van der Waals surface area contributed by atoms with Gasteiger partial charge in [-0.05, 0) is 68.1 Å². The number of nitrogens with zero attached hydrogens (tertiary/aromatic N) is 3. The van der Waals surface area contributed by atoms with E-state index in [1.54, 1.807) is 6.33 Å². The Morgan fingerprint density at radius 2 is 1.86 bits per heavy atom. The van der Waals surface area contributed by atoms with Crippen molar-refractivity contribution in [3.63, 3.8) is 0 Å². The Hall–Kier alpha value is -0.900. The molecule has 1 atom stereocenters. The highest BCUT2D eigenvalue weighted by Crippen LogP contribution is 2.57. The molecule has 4 aliphatic carbocycles. The largest absolute Gasteiger partial charge is 0.327 e. The summed E-state index contributed by atoms with van der Waals surface area (Å²) in [6.07, 6.45) is 11.0. The predicted octanol–water partition coefficient (Wildman–Crippen LogP) is 2.63. The third-order valence-corrected chi connectivity index (χ3v) is 6.34. The van der Waals surface area contributed by atoms with Crippen molar-refractivity contribution in [2.45, 2.75) is 64.5 Å². The van der Waals surface area contributed by atoms with Crippen LogP contribution in [0.15, 0.2) is 6.33 Å². The Balaban J connectivity index is 1.47. The minimum Gasteiger partial charge on any atom is -0.327 e. The van der Waals surface area contributed by atoms with Gasteiger partial charge >= 0.3 is 0 Å². The van der Waals surface area contributed by atoms with Crippen molar-refractivity contribution in [3.8, 4) is 0 Å². The van der Waals surface area contributed by atoms with Crippen molar-refractivity contribution in [2.75, 3.05) is 0 Å². The molecule has 0 amide bonds. The highest BCUT2D eigenvalue weighted by molar-refractivity contribution is 5.03. The molecule has 4 nitrogen and oxygen atoms in total. The van der Waals surface area contributed by atoms with Crippen molar-refractivity contribution in [1.82, 2.24) is 14.8 Å². The summed E-state index contributed by atoms with van der Waals surface area (Å²) in [5, 5.41) is 4.35. The van der Waals surface area contributed by atoms with Gasteiger partial charge in [0, 0.05) is 19.0 Å². The number of rotatable bonds is 5. The molecule has 4 heteroatoms. The van der Waals surface area contributed by atoms with Gasteiger partial charge in [0.1, 0.15) is 12.2 Å². The van der Waals surface area contributed by atoms with E-state index in [2.05, 4.69) is 21.7 Å². The van der Waals surface area contributed by atoms with Gasteiger partial charge in [-0.1, -0.05) is 6.92 Å².